The van der Waals surface area contributed by atoms with E-state index in [9.17, 15) is 4.79 Å². The first-order chi connectivity index (χ1) is 7.77. The third kappa shape index (κ3) is 2.23. The quantitative estimate of drug-likeness (QED) is 0.856. The summed E-state index contributed by atoms with van der Waals surface area (Å²) in [5, 5.41) is 8.80. The van der Waals surface area contributed by atoms with Crippen LogP contribution in [0.5, 0.6) is 5.75 Å². The molecule has 0 radical (unpaired) electrons. The van der Waals surface area contributed by atoms with E-state index in [1.165, 1.54) is 6.26 Å². The van der Waals surface area contributed by atoms with E-state index >= 15 is 0 Å². The molecule has 16 heavy (non-hydrogen) atoms. The van der Waals surface area contributed by atoms with Gasteiger partial charge in [-0.1, -0.05) is 18.2 Å². The average Bonchev–Trinajstić information content (AvgIpc) is 2.76. The summed E-state index contributed by atoms with van der Waals surface area (Å²) in [7, 11) is 0. The third-order valence-electron chi connectivity index (χ3n) is 2.08. The number of carboxylic acids is 1. The topological polar surface area (TPSA) is 59.7 Å². The average molecular weight is 218 g/mol. The molecular formula is C12H10O4. The molecule has 0 unspecified atom stereocenters. The molecule has 0 aliphatic heterocycles. The van der Waals surface area contributed by atoms with E-state index in [1.54, 1.807) is 18.2 Å². The molecule has 0 saturated carbocycles. The summed E-state index contributed by atoms with van der Waals surface area (Å²) >= 11 is 0. The summed E-state index contributed by atoms with van der Waals surface area (Å²) in [6.07, 6.45) is 1.34. The normalized spacial score (nSPS) is 10.0. The first kappa shape index (κ1) is 10.3. The van der Waals surface area contributed by atoms with Crippen LogP contribution in [0.3, 0.4) is 0 Å². The number of carbonyl (C=O) groups is 1. The lowest BCUT2D eigenvalue weighted by Crippen LogP contribution is -2.02. The van der Waals surface area contributed by atoms with Crippen LogP contribution in [0.15, 0.2) is 47.1 Å². The molecule has 1 aromatic heterocycles. The van der Waals surface area contributed by atoms with Crippen LogP contribution < -0.4 is 4.74 Å². The summed E-state index contributed by atoms with van der Waals surface area (Å²) < 4.78 is 10.3. The maximum Gasteiger partial charge on any atom is 0.372 e. The molecule has 0 aliphatic rings. The Balaban J connectivity index is 2.05. The van der Waals surface area contributed by atoms with E-state index in [0.29, 0.717) is 11.3 Å². The Morgan fingerprint density at radius 3 is 2.69 bits per heavy atom. The Morgan fingerprint density at radius 2 is 2.00 bits per heavy atom. The fraction of sp³-hybridized carbons (Fsp3) is 0.0833. The third-order valence-corrected chi connectivity index (χ3v) is 2.08. The number of hydrogen-bond donors (Lipinski definition) is 1. The summed E-state index contributed by atoms with van der Waals surface area (Å²) in [6.45, 7) is 0.183. The van der Waals surface area contributed by atoms with Gasteiger partial charge in [-0.2, -0.15) is 0 Å². The van der Waals surface area contributed by atoms with E-state index in [0.717, 1.165) is 0 Å². The van der Waals surface area contributed by atoms with Gasteiger partial charge in [0.2, 0.25) is 5.76 Å². The molecule has 0 fully saturated rings. The van der Waals surface area contributed by atoms with Gasteiger partial charge in [-0.25, -0.2) is 4.79 Å². The number of rotatable bonds is 4. The molecule has 1 N–H and O–H groups in total. The zero-order valence-corrected chi connectivity index (χ0v) is 8.42. The largest absolute Gasteiger partial charge is 0.489 e. The van der Waals surface area contributed by atoms with Crippen molar-refractivity contribution in [2.45, 2.75) is 6.61 Å². The standard InChI is InChI=1S/C12H10O4/c13-12(14)11-9(6-7-15-11)8-16-10-4-2-1-3-5-10/h1-7H,8H2,(H,13,14). The Bertz CT molecular complexity index is 473. The first-order valence-corrected chi connectivity index (χ1v) is 4.75. The Kier molecular flexibility index (Phi) is 2.91. The summed E-state index contributed by atoms with van der Waals surface area (Å²) in [5.74, 6) is -0.465. The zero-order valence-electron chi connectivity index (χ0n) is 8.42. The van der Waals surface area contributed by atoms with Crippen LogP contribution in [-0.4, -0.2) is 11.1 Å². The lowest BCUT2D eigenvalue weighted by atomic mass is 10.2. The minimum Gasteiger partial charge on any atom is -0.489 e. The zero-order chi connectivity index (χ0) is 11.4. The van der Waals surface area contributed by atoms with Gasteiger partial charge in [0, 0.05) is 5.56 Å². The number of benzene rings is 1. The van der Waals surface area contributed by atoms with Crippen LogP contribution in [-0.2, 0) is 6.61 Å². The van der Waals surface area contributed by atoms with Crippen molar-refractivity contribution in [2.24, 2.45) is 0 Å². The summed E-state index contributed by atoms with van der Waals surface area (Å²) in [5.41, 5.74) is 0.524. The van der Waals surface area contributed by atoms with Crippen LogP contribution in [0.1, 0.15) is 16.1 Å². The molecule has 0 spiro atoms. The van der Waals surface area contributed by atoms with Crippen molar-refractivity contribution >= 4 is 5.97 Å². The minimum atomic E-state index is -1.09. The predicted molar refractivity (Wildman–Crippen MR) is 56.4 cm³/mol. The van der Waals surface area contributed by atoms with E-state index in [2.05, 4.69) is 0 Å². The molecule has 0 saturated heterocycles. The monoisotopic (exact) mass is 218 g/mol. The first-order valence-electron chi connectivity index (χ1n) is 4.75. The highest BCUT2D eigenvalue weighted by molar-refractivity contribution is 5.85. The van der Waals surface area contributed by atoms with E-state index in [-0.39, 0.29) is 12.4 Å². The molecule has 82 valence electrons. The van der Waals surface area contributed by atoms with Gasteiger partial charge in [0.15, 0.2) is 0 Å². The summed E-state index contributed by atoms with van der Waals surface area (Å²) in [4.78, 5) is 10.7. The molecule has 0 atom stereocenters. The summed E-state index contributed by atoms with van der Waals surface area (Å²) in [6, 6.07) is 10.8. The smallest absolute Gasteiger partial charge is 0.372 e. The van der Waals surface area contributed by atoms with Gasteiger partial charge >= 0.3 is 5.97 Å². The second kappa shape index (κ2) is 4.53. The fourth-order valence-electron chi connectivity index (χ4n) is 1.31. The lowest BCUT2D eigenvalue weighted by molar-refractivity contribution is 0.0658. The highest BCUT2D eigenvalue weighted by Gasteiger charge is 2.13. The van der Waals surface area contributed by atoms with E-state index < -0.39 is 5.97 Å². The Hall–Kier alpha value is -2.23. The van der Waals surface area contributed by atoms with Crippen LogP contribution in [0.4, 0.5) is 0 Å². The van der Waals surface area contributed by atoms with Gasteiger partial charge in [0.05, 0.1) is 6.26 Å². The van der Waals surface area contributed by atoms with Crippen LogP contribution in [0.2, 0.25) is 0 Å². The second-order valence-corrected chi connectivity index (χ2v) is 3.18. The van der Waals surface area contributed by atoms with Crippen molar-refractivity contribution in [3.05, 3.63) is 54.0 Å². The number of ether oxygens (including phenoxy) is 1. The van der Waals surface area contributed by atoms with Gasteiger partial charge in [-0.05, 0) is 18.2 Å². The van der Waals surface area contributed by atoms with Crippen molar-refractivity contribution in [1.29, 1.82) is 0 Å². The van der Waals surface area contributed by atoms with Crippen molar-refractivity contribution in [3.8, 4) is 5.75 Å². The van der Waals surface area contributed by atoms with Gasteiger partial charge in [0.1, 0.15) is 12.4 Å². The maximum atomic E-state index is 10.7. The lowest BCUT2D eigenvalue weighted by Gasteiger charge is -2.04. The van der Waals surface area contributed by atoms with Gasteiger partial charge in [0.25, 0.3) is 0 Å². The Morgan fingerprint density at radius 1 is 1.25 bits per heavy atom. The minimum absolute atomic E-state index is 0.0732. The predicted octanol–water partition coefficient (Wildman–Crippen LogP) is 2.56. The van der Waals surface area contributed by atoms with E-state index in [4.69, 9.17) is 14.3 Å². The molecule has 1 heterocycles. The van der Waals surface area contributed by atoms with Crippen LogP contribution in [0.25, 0.3) is 0 Å². The molecule has 4 nitrogen and oxygen atoms in total. The van der Waals surface area contributed by atoms with Crippen molar-refractivity contribution in [2.75, 3.05) is 0 Å². The number of para-hydroxylation sites is 1. The van der Waals surface area contributed by atoms with Gasteiger partial charge in [-0.15, -0.1) is 0 Å². The molecule has 0 aliphatic carbocycles. The van der Waals surface area contributed by atoms with Crippen LogP contribution >= 0.6 is 0 Å². The number of hydrogen-bond acceptors (Lipinski definition) is 3. The fourth-order valence-corrected chi connectivity index (χ4v) is 1.31. The molecule has 0 amide bonds. The van der Waals surface area contributed by atoms with Gasteiger partial charge in [-0.3, -0.25) is 0 Å². The molecule has 4 heteroatoms. The Labute approximate surface area is 92.1 Å². The number of aromatic carboxylic acids is 1. The number of furan rings is 1. The highest BCUT2D eigenvalue weighted by Crippen LogP contribution is 2.15. The second-order valence-electron chi connectivity index (χ2n) is 3.18. The van der Waals surface area contributed by atoms with Crippen molar-refractivity contribution < 1.29 is 19.1 Å². The molecule has 2 rings (SSSR count). The molecule has 1 aromatic carbocycles. The van der Waals surface area contributed by atoms with Crippen molar-refractivity contribution in [3.63, 3.8) is 0 Å². The van der Waals surface area contributed by atoms with Crippen LogP contribution in [0, 0.1) is 0 Å². The number of carboxylic acid groups (broad SMARTS) is 1. The molecular weight excluding hydrogens is 208 g/mol. The molecule has 2 aromatic rings. The SMILES string of the molecule is O=C(O)c1occc1COc1ccccc1. The van der Waals surface area contributed by atoms with Crippen molar-refractivity contribution in [1.82, 2.24) is 0 Å². The maximum absolute atomic E-state index is 10.7. The highest BCUT2D eigenvalue weighted by atomic mass is 16.5. The van der Waals surface area contributed by atoms with Gasteiger partial charge < -0.3 is 14.3 Å². The molecule has 0 bridgehead atoms. The van der Waals surface area contributed by atoms with E-state index in [1.807, 2.05) is 18.2 Å².